The maximum atomic E-state index is 13.5. The minimum atomic E-state index is -0.182. The molecule has 1 saturated heterocycles. The number of nitrogens with one attached hydrogen (secondary N) is 1. The highest BCUT2D eigenvalue weighted by molar-refractivity contribution is 6.11. The molecule has 2 amide bonds. The van der Waals surface area contributed by atoms with Crippen molar-refractivity contribution in [2.45, 2.75) is 25.7 Å². The first-order valence-electron chi connectivity index (χ1n) is 11.6. The van der Waals surface area contributed by atoms with Gasteiger partial charge in [0.05, 0.1) is 7.11 Å². The molecular weight excluding hydrogens is 418 g/mol. The number of hydrogen-bond donors (Lipinski definition) is 1. The first-order chi connectivity index (χ1) is 16.1. The fraction of sp³-hybridized carbons (Fsp3) is 0.385. The van der Waals surface area contributed by atoms with Crippen molar-refractivity contribution in [3.8, 4) is 5.75 Å². The van der Waals surface area contributed by atoms with E-state index in [2.05, 4.69) is 16.3 Å². The maximum absolute atomic E-state index is 13.5. The van der Waals surface area contributed by atoms with Gasteiger partial charge in [-0.2, -0.15) is 0 Å². The zero-order valence-electron chi connectivity index (χ0n) is 18.9. The second-order valence-corrected chi connectivity index (χ2v) is 8.75. The van der Waals surface area contributed by atoms with Crippen molar-refractivity contribution in [3.05, 3.63) is 54.3 Å². The highest BCUT2D eigenvalue weighted by atomic mass is 16.5. The molecule has 0 spiro atoms. The number of anilines is 2. The van der Waals surface area contributed by atoms with Crippen LogP contribution in [0.4, 0.5) is 11.4 Å². The summed E-state index contributed by atoms with van der Waals surface area (Å²) in [4.78, 5) is 30.4. The van der Waals surface area contributed by atoms with E-state index in [-0.39, 0.29) is 23.5 Å². The zero-order valence-corrected chi connectivity index (χ0v) is 18.9. The first kappa shape index (κ1) is 21.4. The van der Waals surface area contributed by atoms with Gasteiger partial charge in [-0.3, -0.25) is 9.59 Å². The Bertz CT molecular complexity index is 1160. The van der Waals surface area contributed by atoms with Crippen LogP contribution in [0.2, 0.25) is 0 Å². The van der Waals surface area contributed by atoms with Crippen molar-refractivity contribution < 1.29 is 18.7 Å². The van der Waals surface area contributed by atoms with E-state index in [0.29, 0.717) is 37.4 Å². The smallest absolute Gasteiger partial charge is 0.291 e. The van der Waals surface area contributed by atoms with E-state index in [1.165, 1.54) is 0 Å². The van der Waals surface area contributed by atoms with Crippen LogP contribution in [-0.4, -0.2) is 50.0 Å². The third-order valence-electron chi connectivity index (χ3n) is 6.75. The minimum Gasteiger partial charge on any atom is -0.497 e. The molecule has 2 aliphatic rings. The van der Waals surface area contributed by atoms with Crippen molar-refractivity contribution in [1.29, 1.82) is 0 Å². The molecule has 3 aromatic rings. The number of piperazine rings is 1. The summed E-state index contributed by atoms with van der Waals surface area (Å²) in [5.74, 6) is 0.843. The number of amides is 2. The number of para-hydroxylation sites is 1. The summed E-state index contributed by atoms with van der Waals surface area (Å²) in [6, 6.07) is 15.4. The summed E-state index contributed by atoms with van der Waals surface area (Å²) >= 11 is 0. The number of benzene rings is 2. The molecular formula is C26H29N3O4. The predicted molar refractivity (Wildman–Crippen MR) is 128 cm³/mol. The van der Waals surface area contributed by atoms with E-state index in [1.807, 2.05) is 42.5 Å². The topological polar surface area (TPSA) is 75.0 Å². The molecule has 172 valence electrons. The van der Waals surface area contributed by atoms with Crippen LogP contribution in [0.1, 0.15) is 36.2 Å². The SMILES string of the molecule is COc1cccc(N2CCN(C(=O)c3oc4ccccc4c3NC(=O)C3CCCC3)CC2)c1. The lowest BCUT2D eigenvalue weighted by Gasteiger charge is -2.36. The number of carbonyl (C=O) groups is 2. The Morgan fingerprint density at radius 2 is 1.76 bits per heavy atom. The number of fused-ring (bicyclic) bond motifs is 1. The van der Waals surface area contributed by atoms with Gasteiger partial charge in [-0.15, -0.1) is 0 Å². The third-order valence-corrected chi connectivity index (χ3v) is 6.75. The standard InChI is InChI=1S/C26H29N3O4/c1-32-20-10-6-9-19(17-20)28-13-15-29(16-14-28)26(31)24-23(21-11-4-5-12-22(21)33-24)27-25(30)18-7-2-3-8-18/h4-6,9-12,17-18H,2-3,7-8,13-16H2,1H3,(H,27,30). The van der Waals surface area contributed by atoms with Crippen LogP contribution < -0.4 is 15.0 Å². The van der Waals surface area contributed by atoms with Crippen molar-refractivity contribution >= 4 is 34.2 Å². The molecule has 2 fully saturated rings. The molecule has 0 bridgehead atoms. The molecule has 1 saturated carbocycles. The maximum Gasteiger partial charge on any atom is 0.291 e. The first-order valence-corrected chi connectivity index (χ1v) is 11.6. The molecule has 0 radical (unpaired) electrons. The molecule has 0 atom stereocenters. The van der Waals surface area contributed by atoms with Gasteiger partial charge in [0.25, 0.3) is 5.91 Å². The van der Waals surface area contributed by atoms with Crippen LogP contribution in [0.5, 0.6) is 5.75 Å². The van der Waals surface area contributed by atoms with Crippen LogP contribution in [0.25, 0.3) is 11.0 Å². The van der Waals surface area contributed by atoms with Gasteiger partial charge in [-0.25, -0.2) is 0 Å². The Balaban J connectivity index is 1.34. The van der Waals surface area contributed by atoms with Crippen LogP contribution in [0.15, 0.2) is 52.9 Å². The third kappa shape index (κ3) is 4.27. The number of hydrogen-bond acceptors (Lipinski definition) is 5. The Labute approximate surface area is 193 Å². The van der Waals surface area contributed by atoms with Crippen molar-refractivity contribution in [1.82, 2.24) is 4.90 Å². The Morgan fingerprint density at radius 1 is 1.00 bits per heavy atom. The van der Waals surface area contributed by atoms with Crippen molar-refractivity contribution in [2.75, 3.05) is 43.5 Å². The lowest BCUT2D eigenvalue weighted by Crippen LogP contribution is -2.48. The van der Waals surface area contributed by atoms with Gasteiger partial charge >= 0.3 is 0 Å². The van der Waals surface area contributed by atoms with E-state index in [4.69, 9.17) is 9.15 Å². The lowest BCUT2D eigenvalue weighted by molar-refractivity contribution is -0.119. The van der Waals surface area contributed by atoms with E-state index in [0.717, 1.165) is 42.5 Å². The fourth-order valence-corrected chi connectivity index (χ4v) is 4.85. The number of carbonyl (C=O) groups excluding carboxylic acids is 2. The van der Waals surface area contributed by atoms with Crippen LogP contribution >= 0.6 is 0 Å². The quantitative estimate of drug-likeness (QED) is 0.622. The van der Waals surface area contributed by atoms with E-state index in [1.54, 1.807) is 12.0 Å². The highest BCUT2D eigenvalue weighted by Gasteiger charge is 2.31. The Morgan fingerprint density at radius 3 is 2.52 bits per heavy atom. The summed E-state index contributed by atoms with van der Waals surface area (Å²) in [6.45, 7) is 2.57. The predicted octanol–water partition coefficient (Wildman–Crippen LogP) is 4.53. The summed E-state index contributed by atoms with van der Waals surface area (Å²) in [7, 11) is 1.66. The van der Waals surface area contributed by atoms with Gasteiger partial charge in [-0.1, -0.05) is 31.0 Å². The number of furan rings is 1. The van der Waals surface area contributed by atoms with E-state index >= 15 is 0 Å². The van der Waals surface area contributed by atoms with Crippen LogP contribution in [0.3, 0.4) is 0 Å². The molecule has 7 nitrogen and oxygen atoms in total. The van der Waals surface area contributed by atoms with Gasteiger partial charge in [-0.05, 0) is 37.1 Å². The van der Waals surface area contributed by atoms with Crippen LogP contribution in [0, 0.1) is 5.92 Å². The van der Waals surface area contributed by atoms with Gasteiger partial charge in [0, 0.05) is 49.2 Å². The monoisotopic (exact) mass is 447 g/mol. The molecule has 5 rings (SSSR count). The molecule has 2 aromatic carbocycles. The van der Waals surface area contributed by atoms with Crippen LogP contribution in [-0.2, 0) is 4.79 Å². The van der Waals surface area contributed by atoms with E-state index in [9.17, 15) is 9.59 Å². The highest BCUT2D eigenvalue weighted by Crippen LogP contribution is 2.34. The molecule has 0 unspecified atom stereocenters. The normalized spacial score (nSPS) is 16.9. The second kappa shape index (κ2) is 9.17. The number of nitrogens with zero attached hydrogens (tertiary/aromatic N) is 2. The number of methoxy groups -OCH3 is 1. The summed E-state index contributed by atoms with van der Waals surface area (Å²) < 4.78 is 11.3. The molecule has 1 aliphatic heterocycles. The number of ether oxygens (including phenoxy) is 1. The van der Waals surface area contributed by atoms with Gasteiger partial charge < -0.3 is 24.3 Å². The summed E-state index contributed by atoms with van der Waals surface area (Å²) in [5, 5.41) is 3.80. The molecule has 1 aromatic heterocycles. The fourth-order valence-electron chi connectivity index (χ4n) is 4.85. The zero-order chi connectivity index (χ0) is 22.8. The Kier molecular flexibility index (Phi) is 5.94. The molecule has 7 heteroatoms. The number of rotatable bonds is 5. The minimum absolute atomic E-state index is 0.00743. The van der Waals surface area contributed by atoms with Gasteiger partial charge in [0.2, 0.25) is 11.7 Å². The lowest BCUT2D eigenvalue weighted by atomic mass is 10.1. The van der Waals surface area contributed by atoms with Gasteiger partial charge in [0.1, 0.15) is 17.0 Å². The van der Waals surface area contributed by atoms with E-state index < -0.39 is 0 Å². The average Bonchev–Trinajstić information content (AvgIpc) is 3.53. The largest absolute Gasteiger partial charge is 0.497 e. The molecule has 1 aliphatic carbocycles. The molecule has 2 heterocycles. The summed E-state index contributed by atoms with van der Waals surface area (Å²) in [6.07, 6.45) is 3.95. The second-order valence-electron chi connectivity index (χ2n) is 8.75. The Hall–Kier alpha value is -3.48. The van der Waals surface area contributed by atoms with Crippen molar-refractivity contribution in [2.24, 2.45) is 5.92 Å². The summed E-state index contributed by atoms with van der Waals surface area (Å²) in [5.41, 5.74) is 2.19. The molecule has 1 N–H and O–H groups in total. The van der Waals surface area contributed by atoms with Crippen molar-refractivity contribution in [3.63, 3.8) is 0 Å². The molecule has 33 heavy (non-hydrogen) atoms. The van der Waals surface area contributed by atoms with Gasteiger partial charge in [0.15, 0.2) is 0 Å². The average molecular weight is 448 g/mol.